The molecule has 18 heavy (non-hydrogen) atoms. The minimum atomic E-state index is -0.851. The molecule has 0 saturated carbocycles. The van der Waals surface area contributed by atoms with Crippen LogP contribution in [0, 0.1) is 0 Å². The SMILES string of the molecule is CCCCN(c1ccccc1C(=O)O)C(C)CC. The van der Waals surface area contributed by atoms with Crippen molar-refractivity contribution in [3.63, 3.8) is 0 Å². The van der Waals surface area contributed by atoms with Crippen molar-refractivity contribution >= 4 is 11.7 Å². The van der Waals surface area contributed by atoms with E-state index in [1.54, 1.807) is 12.1 Å². The summed E-state index contributed by atoms with van der Waals surface area (Å²) in [5.41, 5.74) is 1.24. The Bertz CT molecular complexity index is 390. The molecule has 3 heteroatoms. The highest BCUT2D eigenvalue weighted by atomic mass is 16.4. The Balaban J connectivity index is 3.07. The van der Waals surface area contributed by atoms with Crippen LogP contribution in [0.2, 0.25) is 0 Å². The highest BCUT2D eigenvalue weighted by Crippen LogP contribution is 2.24. The molecule has 100 valence electrons. The summed E-state index contributed by atoms with van der Waals surface area (Å²) < 4.78 is 0. The van der Waals surface area contributed by atoms with Gasteiger partial charge in [0.15, 0.2) is 0 Å². The van der Waals surface area contributed by atoms with Gasteiger partial charge < -0.3 is 10.0 Å². The summed E-state index contributed by atoms with van der Waals surface area (Å²) in [5, 5.41) is 9.27. The lowest BCUT2D eigenvalue weighted by Crippen LogP contribution is -2.34. The van der Waals surface area contributed by atoms with Crippen molar-refractivity contribution in [1.82, 2.24) is 0 Å². The number of anilines is 1. The van der Waals surface area contributed by atoms with Gasteiger partial charge in [-0.15, -0.1) is 0 Å². The number of carboxylic acids is 1. The van der Waals surface area contributed by atoms with E-state index in [1.807, 2.05) is 12.1 Å². The molecule has 1 unspecified atom stereocenters. The molecule has 0 aromatic heterocycles. The van der Waals surface area contributed by atoms with Gasteiger partial charge in [0.1, 0.15) is 0 Å². The summed E-state index contributed by atoms with van der Waals surface area (Å²) in [4.78, 5) is 13.5. The highest BCUT2D eigenvalue weighted by molar-refractivity contribution is 5.94. The third kappa shape index (κ3) is 3.49. The number of hydrogen-bond acceptors (Lipinski definition) is 2. The van der Waals surface area contributed by atoms with Crippen molar-refractivity contribution in [2.24, 2.45) is 0 Å². The van der Waals surface area contributed by atoms with Crippen LogP contribution in [0.1, 0.15) is 50.4 Å². The molecule has 1 N–H and O–H groups in total. The second kappa shape index (κ2) is 7.04. The van der Waals surface area contributed by atoms with Crippen LogP contribution in [-0.4, -0.2) is 23.7 Å². The number of carboxylic acid groups (broad SMARTS) is 1. The first-order valence-electron chi connectivity index (χ1n) is 6.70. The van der Waals surface area contributed by atoms with E-state index in [0.29, 0.717) is 11.6 Å². The van der Waals surface area contributed by atoms with Gasteiger partial charge in [0, 0.05) is 12.6 Å². The first kappa shape index (κ1) is 14.6. The molecule has 0 bridgehead atoms. The molecule has 0 saturated heterocycles. The lowest BCUT2D eigenvalue weighted by molar-refractivity contribution is 0.0697. The quantitative estimate of drug-likeness (QED) is 0.799. The van der Waals surface area contributed by atoms with Gasteiger partial charge in [0.2, 0.25) is 0 Å². The first-order valence-corrected chi connectivity index (χ1v) is 6.70. The minimum Gasteiger partial charge on any atom is -0.478 e. The van der Waals surface area contributed by atoms with Crippen LogP contribution in [0.3, 0.4) is 0 Å². The molecule has 1 aromatic carbocycles. The molecule has 0 heterocycles. The molecule has 0 amide bonds. The largest absolute Gasteiger partial charge is 0.478 e. The maximum atomic E-state index is 11.3. The lowest BCUT2D eigenvalue weighted by Gasteiger charge is -2.31. The predicted molar refractivity (Wildman–Crippen MR) is 75.4 cm³/mol. The molecule has 1 atom stereocenters. The van der Waals surface area contributed by atoms with Gasteiger partial charge in [-0.2, -0.15) is 0 Å². The van der Waals surface area contributed by atoms with Crippen LogP contribution in [-0.2, 0) is 0 Å². The van der Waals surface area contributed by atoms with Gasteiger partial charge in [-0.05, 0) is 31.9 Å². The number of nitrogens with zero attached hydrogens (tertiary/aromatic N) is 1. The Hall–Kier alpha value is -1.51. The molecule has 1 aromatic rings. The summed E-state index contributed by atoms with van der Waals surface area (Å²) in [6, 6.07) is 7.63. The van der Waals surface area contributed by atoms with Crippen molar-refractivity contribution in [3.8, 4) is 0 Å². The van der Waals surface area contributed by atoms with Gasteiger partial charge in [-0.3, -0.25) is 0 Å². The Morgan fingerprint density at radius 1 is 1.33 bits per heavy atom. The van der Waals surface area contributed by atoms with Crippen LogP contribution >= 0.6 is 0 Å². The number of para-hydroxylation sites is 1. The van der Waals surface area contributed by atoms with Crippen molar-refractivity contribution in [2.45, 2.75) is 46.1 Å². The second-order valence-electron chi connectivity index (χ2n) is 4.63. The van der Waals surface area contributed by atoms with Crippen LogP contribution < -0.4 is 4.90 Å². The standard InChI is InChI=1S/C15H23NO2/c1-4-6-11-16(12(3)5-2)14-10-8-7-9-13(14)15(17)18/h7-10,12H,4-6,11H2,1-3H3,(H,17,18). The van der Waals surface area contributed by atoms with Crippen LogP contribution in [0.15, 0.2) is 24.3 Å². The first-order chi connectivity index (χ1) is 8.61. The molecule has 0 fully saturated rings. The molecule has 0 aliphatic rings. The van der Waals surface area contributed by atoms with E-state index in [4.69, 9.17) is 0 Å². The van der Waals surface area contributed by atoms with Crippen molar-refractivity contribution in [2.75, 3.05) is 11.4 Å². The molecule has 1 rings (SSSR count). The Kier molecular flexibility index (Phi) is 5.69. The fraction of sp³-hybridized carbons (Fsp3) is 0.533. The molecular weight excluding hydrogens is 226 g/mol. The van der Waals surface area contributed by atoms with E-state index in [2.05, 4.69) is 25.7 Å². The molecule has 3 nitrogen and oxygen atoms in total. The van der Waals surface area contributed by atoms with Gasteiger partial charge in [-0.25, -0.2) is 4.79 Å². The number of rotatable bonds is 7. The molecular formula is C15H23NO2. The number of unbranched alkanes of at least 4 members (excludes halogenated alkanes) is 1. The zero-order valence-corrected chi connectivity index (χ0v) is 11.5. The van der Waals surface area contributed by atoms with E-state index in [-0.39, 0.29) is 0 Å². The van der Waals surface area contributed by atoms with E-state index >= 15 is 0 Å². The smallest absolute Gasteiger partial charge is 0.337 e. The van der Waals surface area contributed by atoms with E-state index in [9.17, 15) is 9.90 Å². The topological polar surface area (TPSA) is 40.5 Å². The zero-order valence-electron chi connectivity index (χ0n) is 11.5. The summed E-state index contributed by atoms with van der Waals surface area (Å²) in [6.07, 6.45) is 3.21. The third-order valence-electron chi connectivity index (χ3n) is 3.32. The van der Waals surface area contributed by atoms with E-state index in [1.165, 1.54) is 0 Å². The molecule has 0 aliphatic heterocycles. The van der Waals surface area contributed by atoms with E-state index < -0.39 is 5.97 Å². The second-order valence-corrected chi connectivity index (χ2v) is 4.63. The fourth-order valence-corrected chi connectivity index (χ4v) is 2.03. The Labute approximate surface area is 109 Å². The summed E-state index contributed by atoms with van der Waals surface area (Å²) in [7, 11) is 0. The van der Waals surface area contributed by atoms with E-state index in [0.717, 1.165) is 31.5 Å². The monoisotopic (exact) mass is 249 g/mol. The van der Waals surface area contributed by atoms with Crippen LogP contribution in [0.25, 0.3) is 0 Å². The predicted octanol–water partition coefficient (Wildman–Crippen LogP) is 3.79. The summed E-state index contributed by atoms with van der Waals surface area (Å²) >= 11 is 0. The number of hydrogen-bond donors (Lipinski definition) is 1. The Morgan fingerprint density at radius 2 is 2.00 bits per heavy atom. The highest BCUT2D eigenvalue weighted by Gasteiger charge is 2.18. The fourth-order valence-electron chi connectivity index (χ4n) is 2.03. The maximum absolute atomic E-state index is 11.3. The lowest BCUT2D eigenvalue weighted by atomic mass is 10.1. The molecule has 0 radical (unpaired) electrons. The average molecular weight is 249 g/mol. The average Bonchev–Trinajstić information content (AvgIpc) is 2.39. The Morgan fingerprint density at radius 3 is 2.56 bits per heavy atom. The van der Waals surface area contributed by atoms with Gasteiger partial charge >= 0.3 is 5.97 Å². The van der Waals surface area contributed by atoms with Crippen molar-refractivity contribution in [3.05, 3.63) is 29.8 Å². The van der Waals surface area contributed by atoms with Gasteiger partial charge in [-0.1, -0.05) is 32.4 Å². The number of benzene rings is 1. The van der Waals surface area contributed by atoms with Crippen LogP contribution in [0.4, 0.5) is 5.69 Å². The van der Waals surface area contributed by atoms with Gasteiger partial charge in [0.05, 0.1) is 11.3 Å². The number of aromatic carboxylic acids is 1. The maximum Gasteiger partial charge on any atom is 0.337 e. The van der Waals surface area contributed by atoms with Crippen molar-refractivity contribution < 1.29 is 9.90 Å². The summed E-state index contributed by atoms with van der Waals surface area (Å²) in [5.74, 6) is -0.851. The molecule has 0 aliphatic carbocycles. The van der Waals surface area contributed by atoms with Gasteiger partial charge in [0.25, 0.3) is 0 Å². The van der Waals surface area contributed by atoms with Crippen LogP contribution in [0.5, 0.6) is 0 Å². The molecule has 0 spiro atoms. The summed E-state index contributed by atoms with van der Waals surface area (Å²) in [6.45, 7) is 7.34. The van der Waals surface area contributed by atoms with Crippen molar-refractivity contribution in [1.29, 1.82) is 0 Å². The zero-order chi connectivity index (χ0) is 13.5. The third-order valence-corrected chi connectivity index (χ3v) is 3.32. The number of carbonyl (C=O) groups is 1. The minimum absolute atomic E-state index is 0.358. The normalized spacial score (nSPS) is 12.2.